The van der Waals surface area contributed by atoms with Crippen molar-refractivity contribution in [3.63, 3.8) is 0 Å². The third-order valence-corrected chi connectivity index (χ3v) is 14.1. The van der Waals surface area contributed by atoms with Gasteiger partial charge in [0.1, 0.15) is 23.9 Å². The van der Waals surface area contributed by atoms with E-state index in [4.69, 9.17) is 28.4 Å². The highest BCUT2D eigenvalue weighted by Gasteiger charge is 2.63. The number of hydrogen-bond acceptors (Lipinski definition) is 13. The molecule has 4 aliphatic heterocycles. The number of hydrogen-bond donors (Lipinski definition) is 4. The zero-order valence-electron chi connectivity index (χ0n) is 35.6. The number of rotatable bonds is 8. The molecule has 3 saturated heterocycles. The molecule has 1 saturated carbocycles. The van der Waals surface area contributed by atoms with E-state index in [-0.39, 0.29) is 55.8 Å². The molecule has 14 heteroatoms. The van der Waals surface area contributed by atoms with Crippen molar-refractivity contribution in [1.29, 1.82) is 0 Å². The van der Waals surface area contributed by atoms with Gasteiger partial charge in [0, 0.05) is 52.0 Å². The molecule has 2 bridgehead atoms. The Morgan fingerprint density at radius 3 is 2.23 bits per heavy atom. The highest BCUT2D eigenvalue weighted by Crippen LogP contribution is 2.51. The molecule has 326 valence electrons. The van der Waals surface area contributed by atoms with Gasteiger partial charge in [-0.2, -0.15) is 0 Å². The summed E-state index contributed by atoms with van der Waals surface area (Å²) in [6.45, 7) is 11.4. The first kappa shape index (κ1) is 46.1. The van der Waals surface area contributed by atoms with E-state index >= 15 is 0 Å². The second-order valence-corrected chi connectivity index (χ2v) is 18.2. The molecule has 4 heterocycles. The number of aliphatic hydroxyl groups excluding tert-OH is 3. The number of methoxy groups -OCH3 is 3. The minimum Gasteiger partial charge on any atom is -0.460 e. The summed E-state index contributed by atoms with van der Waals surface area (Å²) in [5, 5.41) is 46.2. The van der Waals surface area contributed by atoms with Crippen molar-refractivity contribution in [2.45, 2.75) is 185 Å². The molecule has 0 aromatic carbocycles. The Bertz CT molecular complexity index is 1430. The Balaban J connectivity index is 1.47. The third-order valence-electron chi connectivity index (χ3n) is 14.1. The van der Waals surface area contributed by atoms with E-state index in [2.05, 4.69) is 13.0 Å². The molecule has 1 aliphatic carbocycles. The molecule has 1 amide bonds. The van der Waals surface area contributed by atoms with Gasteiger partial charge in [-0.25, -0.2) is 4.79 Å². The fraction of sp³-hybridized carbons (Fsp3) is 0.884. The number of carbonyl (C=O) groups is 3. The topological polar surface area (TPSA) is 194 Å². The SMILES string of the molecule is CC[C@@H]1/C=C(\C)C[C@H](C)C[C@H](OC)[C@H]2O[C@@](O)(C(=O)C(=O)N3CCCC[C@H]3C(=O)O[C@H]([C@@H](C)[C@H](O)C3(C)OC3[C@@H]3CC[C@@H](O)[C@H](OC)C3)C[C@H]1O)[C@H](C)C[C@@H]2OC. The number of amides is 1. The average molecular weight is 810 g/mol. The maximum Gasteiger partial charge on any atom is 0.329 e. The van der Waals surface area contributed by atoms with Gasteiger partial charge in [-0.15, -0.1) is 0 Å². The number of epoxide rings is 1. The number of ketones is 1. The third kappa shape index (κ3) is 9.81. The molecular weight excluding hydrogens is 738 g/mol. The fourth-order valence-corrected chi connectivity index (χ4v) is 10.3. The number of esters is 1. The zero-order chi connectivity index (χ0) is 42.0. The highest BCUT2D eigenvalue weighted by molar-refractivity contribution is 6.39. The van der Waals surface area contributed by atoms with Gasteiger partial charge in [-0.3, -0.25) is 9.59 Å². The van der Waals surface area contributed by atoms with Crippen molar-refractivity contribution in [1.82, 2.24) is 4.90 Å². The summed E-state index contributed by atoms with van der Waals surface area (Å²) in [6, 6.07) is -1.14. The van der Waals surface area contributed by atoms with Crippen LogP contribution in [0.15, 0.2) is 11.6 Å². The standard InChI is InChI=1S/C43H71NO13/c1-10-27-18-23(2)17-24(3)19-34(53-8)36-35(54-9)20-25(4)43(51,56-36)38(48)40(49)44-16-12-11-13-29(44)41(50)55-32(22-31(27)46)26(5)37(47)42(6)39(57-42)28-14-15-30(45)33(21-28)52-7/h18,24-37,39,45-47,51H,10-17,19-22H2,1-9H3/b23-18+/t24-,25+,26+,27+,28+,29-,30+,31+,32-,33+,34-,35-,36+,37-,39?,42?,43+/m0/s1. The van der Waals surface area contributed by atoms with Crippen LogP contribution in [-0.4, -0.2) is 143 Å². The van der Waals surface area contributed by atoms with Gasteiger partial charge in [0.05, 0.1) is 42.7 Å². The summed E-state index contributed by atoms with van der Waals surface area (Å²) in [5.41, 5.74) is 0.0853. The van der Waals surface area contributed by atoms with Gasteiger partial charge < -0.3 is 53.7 Å². The first-order valence-electron chi connectivity index (χ1n) is 21.4. The Kier molecular flexibility index (Phi) is 15.5. The minimum atomic E-state index is -2.49. The summed E-state index contributed by atoms with van der Waals surface area (Å²) >= 11 is 0. The summed E-state index contributed by atoms with van der Waals surface area (Å²) < 4.78 is 36.0. The number of fused-ring (bicyclic) bond motifs is 3. The Hall–Kier alpha value is -2.01. The van der Waals surface area contributed by atoms with Crippen LogP contribution in [0.1, 0.15) is 112 Å². The number of piperidine rings is 1. The number of ether oxygens (including phenoxy) is 6. The smallest absolute Gasteiger partial charge is 0.329 e. The van der Waals surface area contributed by atoms with Crippen LogP contribution in [0.2, 0.25) is 0 Å². The van der Waals surface area contributed by atoms with Crippen LogP contribution < -0.4 is 0 Å². The second-order valence-electron chi connectivity index (χ2n) is 18.2. The van der Waals surface area contributed by atoms with Gasteiger partial charge in [0.15, 0.2) is 0 Å². The molecule has 17 atom stereocenters. The quantitative estimate of drug-likeness (QED) is 0.121. The van der Waals surface area contributed by atoms with E-state index in [0.717, 1.165) is 5.57 Å². The molecule has 0 spiro atoms. The number of nitrogens with zero attached hydrogens (tertiary/aromatic N) is 1. The van der Waals surface area contributed by atoms with Crippen LogP contribution in [0.3, 0.4) is 0 Å². The van der Waals surface area contributed by atoms with Gasteiger partial charge in [-0.05, 0) is 89.9 Å². The molecule has 0 aromatic rings. The molecule has 4 N–H and O–H groups in total. The molecular formula is C43H71NO13. The first-order valence-corrected chi connectivity index (χ1v) is 21.4. The Labute approximate surface area is 338 Å². The van der Waals surface area contributed by atoms with E-state index in [1.54, 1.807) is 35.2 Å². The van der Waals surface area contributed by atoms with Crippen LogP contribution in [0, 0.1) is 29.6 Å². The Morgan fingerprint density at radius 2 is 1.58 bits per heavy atom. The monoisotopic (exact) mass is 809 g/mol. The lowest BCUT2D eigenvalue weighted by Gasteiger charge is -2.47. The fourth-order valence-electron chi connectivity index (χ4n) is 10.3. The van der Waals surface area contributed by atoms with E-state index in [0.29, 0.717) is 51.4 Å². The van der Waals surface area contributed by atoms with Crippen molar-refractivity contribution in [2.24, 2.45) is 29.6 Å². The van der Waals surface area contributed by atoms with E-state index < -0.39 is 89.7 Å². The van der Waals surface area contributed by atoms with Crippen LogP contribution >= 0.6 is 0 Å². The van der Waals surface area contributed by atoms with Crippen molar-refractivity contribution >= 4 is 17.7 Å². The van der Waals surface area contributed by atoms with Crippen molar-refractivity contribution in [3.05, 3.63) is 11.6 Å². The number of cyclic esters (lactones) is 1. The van der Waals surface area contributed by atoms with Crippen LogP contribution in [0.4, 0.5) is 0 Å². The normalized spacial score (nSPS) is 45.0. The van der Waals surface area contributed by atoms with Crippen molar-refractivity contribution in [3.8, 4) is 0 Å². The average Bonchev–Trinajstić information content (AvgIpc) is 3.90. The van der Waals surface area contributed by atoms with Crippen LogP contribution in [0.5, 0.6) is 0 Å². The minimum absolute atomic E-state index is 0.0143. The molecule has 5 rings (SSSR count). The van der Waals surface area contributed by atoms with Crippen LogP contribution in [-0.2, 0) is 42.8 Å². The highest BCUT2D eigenvalue weighted by atomic mass is 16.7. The van der Waals surface area contributed by atoms with E-state index in [9.17, 15) is 34.8 Å². The molecule has 5 aliphatic rings. The van der Waals surface area contributed by atoms with Crippen molar-refractivity contribution < 1.29 is 63.2 Å². The van der Waals surface area contributed by atoms with E-state index in [1.807, 2.05) is 20.8 Å². The maximum absolute atomic E-state index is 14.3. The molecule has 0 aromatic heterocycles. The van der Waals surface area contributed by atoms with Crippen molar-refractivity contribution in [2.75, 3.05) is 27.9 Å². The second kappa shape index (κ2) is 19.1. The molecule has 57 heavy (non-hydrogen) atoms. The Morgan fingerprint density at radius 1 is 0.912 bits per heavy atom. The van der Waals surface area contributed by atoms with Gasteiger partial charge in [-0.1, -0.05) is 39.3 Å². The number of aliphatic hydroxyl groups is 4. The molecule has 0 radical (unpaired) electrons. The first-order chi connectivity index (χ1) is 26.9. The largest absolute Gasteiger partial charge is 0.460 e. The predicted octanol–water partition coefficient (Wildman–Crippen LogP) is 3.48. The van der Waals surface area contributed by atoms with E-state index in [1.165, 1.54) is 4.90 Å². The number of carbonyl (C=O) groups excluding carboxylic acids is 3. The summed E-state index contributed by atoms with van der Waals surface area (Å²) in [6.07, 6.45) is 1.13. The molecule has 4 fully saturated rings. The molecule has 14 nitrogen and oxygen atoms in total. The molecule has 2 unspecified atom stereocenters. The maximum atomic E-state index is 14.3. The predicted molar refractivity (Wildman–Crippen MR) is 209 cm³/mol. The van der Waals surface area contributed by atoms with Gasteiger partial charge >= 0.3 is 5.97 Å². The van der Waals surface area contributed by atoms with Gasteiger partial charge in [0.2, 0.25) is 5.79 Å². The summed E-state index contributed by atoms with van der Waals surface area (Å²) in [4.78, 5) is 43.9. The number of Topliss-reactive ketones (excluding diaryl/α,β-unsaturated/α-hetero) is 1. The van der Waals surface area contributed by atoms with Gasteiger partial charge in [0.25, 0.3) is 11.7 Å². The lowest BCUT2D eigenvalue weighted by atomic mass is 9.76. The van der Waals surface area contributed by atoms with Crippen LogP contribution in [0.25, 0.3) is 0 Å². The number of allylic oxidation sites excluding steroid dienone is 1. The summed E-state index contributed by atoms with van der Waals surface area (Å²) in [5.74, 6) is -7.13. The summed E-state index contributed by atoms with van der Waals surface area (Å²) in [7, 11) is 4.66. The lowest BCUT2D eigenvalue weighted by molar-refractivity contribution is -0.302. The zero-order valence-corrected chi connectivity index (χ0v) is 35.6. The lowest BCUT2D eigenvalue weighted by Crippen LogP contribution is -2.64.